The molecule has 0 fully saturated rings. The lowest BCUT2D eigenvalue weighted by Crippen LogP contribution is -2.51. The monoisotopic (exact) mass is 619 g/mol. The zero-order valence-electron chi connectivity index (χ0n) is 23.5. The summed E-state index contributed by atoms with van der Waals surface area (Å²) in [5, 5.41) is 3.50. The summed E-state index contributed by atoms with van der Waals surface area (Å²) in [4.78, 5) is 28.4. The van der Waals surface area contributed by atoms with Crippen molar-refractivity contribution < 1.29 is 22.7 Å². The number of benzene rings is 3. The number of nitrogens with zero attached hydrogens (tertiary/aromatic N) is 2. The molecule has 1 unspecified atom stereocenters. The average molecular weight is 621 g/mol. The molecule has 3 aromatic rings. The molecule has 11 heteroatoms. The Kier molecular flexibility index (Phi) is 11.5. The number of para-hydroxylation sites is 1. The van der Waals surface area contributed by atoms with Crippen LogP contribution in [-0.2, 0) is 26.2 Å². The normalized spacial score (nSPS) is 12.1. The van der Waals surface area contributed by atoms with Gasteiger partial charge < -0.3 is 15.0 Å². The Bertz CT molecular complexity index is 1410. The van der Waals surface area contributed by atoms with E-state index >= 15 is 0 Å². The third-order valence-corrected chi connectivity index (χ3v) is 8.78. The minimum atomic E-state index is -4.19. The molecule has 0 aromatic heterocycles. The number of carbonyl (C=O) groups is 2. The summed E-state index contributed by atoms with van der Waals surface area (Å²) in [6, 6.07) is 18.3. The van der Waals surface area contributed by atoms with Crippen LogP contribution < -0.4 is 14.4 Å². The number of nitrogens with one attached hydrogen (secondary N) is 1. The van der Waals surface area contributed by atoms with Crippen LogP contribution in [0, 0.1) is 5.92 Å². The van der Waals surface area contributed by atoms with E-state index in [4.69, 9.17) is 27.9 Å². The molecule has 8 nitrogen and oxygen atoms in total. The van der Waals surface area contributed by atoms with E-state index in [1.807, 2.05) is 20.8 Å². The maximum absolute atomic E-state index is 14.0. The van der Waals surface area contributed by atoms with Gasteiger partial charge in [0, 0.05) is 28.7 Å². The van der Waals surface area contributed by atoms with Crippen molar-refractivity contribution in [3.05, 3.63) is 88.4 Å². The van der Waals surface area contributed by atoms with Gasteiger partial charge in [0.1, 0.15) is 18.3 Å². The van der Waals surface area contributed by atoms with Gasteiger partial charge in [-0.25, -0.2) is 8.42 Å². The van der Waals surface area contributed by atoms with Gasteiger partial charge in [-0.05, 0) is 68.3 Å². The topological polar surface area (TPSA) is 96.0 Å². The van der Waals surface area contributed by atoms with Gasteiger partial charge in [0.25, 0.3) is 10.0 Å². The molecule has 0 saturated heterocycles. The van der Waals surface area contributed by atoms with Crippen molar-refractivity contribution in [3.8, 4) is 5.75 Å². The van der Waals surface area contributed by atoms with Gasteiger partial charge in [-0.2, -0.15) is 0 Å². The maximum atomic E-state index is 14.0. The third-order valence-electron chi connectivity index (χ3n) is 6.29. The highest BCUT2D eigenvalue weighted by Crippen LogP contribution is 2.28. The first-order valence-corrected chi connectivity index (χ1v) is 15.5. The van der Waals surface area contributed by atoms with E-state index in [0.29, 0.717) is 40.2 Å². The molecule has 0 aliphatic rings. The number of anilines is 1. The number of ether oxygens (including phenoxy) is 1. The molecule has 0 saturated carbocycles. The Balaban J connectivity index is 2.02. The van der Waals surface area contributed by atoms with E-state index in [-0.39, 0.29) is 23.3 Å². The van der Waals surface area contributed by atoms with Crippen LogP contribution in [0.25, 0.3) is 0 Å². The maximum Gasteiger partial charge on any atom is 0.264 e. The highest BCUT2D eigenvalue weighted by atomic mass is 35.5. The van der Waals surface area contributed by atoms with Crippen LogP contribution in [0.4, 0.5) is 5.69 Å². The van der Waals surface area contributed by atoms with Crippen LogP contribution in [0.1, 0.15) is 33.3 Å². The number of amides is 2. The van der Waals surface area contributed by atoms with Crippen LogP contribution in [0.2, 0.25) is 10.0 Å². The lowest BCUT2D eigenvalue weighted by atomic mass is 10.1. The molecule has 3 rings (SSSR count). The van der Waals surface area contributed by atoms with Crippen molar-refractivity contribution >= 4 is 50.7 Å². The van der Waals surface area contributed by atoms with Crippen LogP contribution in [0.15, 0.2) is 77.7 Å². The molecule has 3 aromatic carbocycles. The Morgan fingerprint density at radius 2 is 1.51 bits per heavy atom. The minimum Gasteiger partial charge on any atom is -0.494 e. The molecule has 0 radical (unpaired) electrons. The van der Waals surface area contributed by atoms with E-state index in [1.54, 1.807) is 67.6 Å². The molecular formula is C30H35Cl2N3O5S. The zero-order chi connectivity index (χ0) is 30.2. The Morgan fingerprint density at radius 1 is 0.902 bits per heavy atom. The molecule has 0 aliphatic carbocycles. The summed E-state index contributed by atoms with van der Waals surface area (Å²) in [6.45, 7) is 7.53. The second-order valence-electron chi connectivity index (χ2n) is 9.79. The summed E-state index contributed by atoms with van der Waals surface area (Å²) in [5.41, 5.74) is 0.746. The molecule has 2 amide bonds. The van der Waals surface area contributed by atoms with E-state index in [0.717, 1.165) is 4.31 Å². The van der Waals surface area contributed by atoms with Gasteiger partial charge in [-0.3, -0.25) is 13.9 Å². The molecule has 0 bridgehead atoms. The van der Waals surface area contributed by atoms with Crippen molar-refractivity contribution in [1.82, 2.24) is 10.2 Å². The van der Waals surface area contributed by atoms with E-state index < -0.39 is 28.5 Å². The SMILES string of the molecule is CCOc1ccc(S(=O)(=O)N(CC(=O)N(Cc2c(Cl)cccc2Cl)C(C)C(=O)NCC(C)C)c2ccccc2)cc1. The lowest BCUT2D eigenvalue weighted by molar-refractivity contribution is -0.139. The first-order valence-electron chi connectivity index (χ1n) is 13.3. The van der Waals surface area contributed by atoms with Crippen LogP contribution in [0.5, 0.6) is 5.75 Å². The van der Waals surface area contributed by atoms with Crippen molar-refractivity contribution in [1.29, 1.82) is 0 Å². The largest absolute Gasteiger partial charge is 0.494 e. The standard InChI is InChI=1S/C30H35Cl2N3O5S/c1-5-40-24-14-16-25(17-15-24)41(38,39)35(23-10-7-6-8-11-23)20-29(36)34(22(4)30(37)33-18-21(2)3)19-26-27(31)12-9-13-28(26)32/h6-17,21-22H,5,18-20H2,1-4H3,(H,33,37). The molecule has 0 spiro atoms. The Hall–Kier alpha value is -3.27. The predicted molar refractivity (Wildman–Crippen MR) is 163 cm³/mol. The molecule has 1 atom stereocenters. The lowest BCUT2D eigenvalue weighted by Gasteiger charge is -2.32. The second-order valence-corrected chi connectivity index (χ2v) is 12.5. The average Bonchev–Trinajstić information content (AvgIpc) is 2.95. The number of halogens is 2. The van der Waals surface area contributed by atoms with Crippen LogP contribution in [-0.4, -0.2) is 50.9 Å². The molecular weight excluding hydrogens is 585 g/mol. The summed E-state index contributed by atoms with van der Waals surface area (Å²) in [6.07, 6.45) is 0. The van der Waals surface area contributed by atoms with Crippen molar-refractivity contribution in [2.24, 2.45) is 5.92 Å². The minimum absolute atomic E-state index is 0.0129. The zero-order valence-corrected chi connectivity index (χ0v) is 25.8. The molecule has 1 N–H and O–H groups in total. The number of hydrogen-bond donors (Lipinski definition) is 1. The fourth-order valence-electron chi connectivity index (χ4n) is 4.01. The first-order chi connectivity index (χ1) is 19.4. The van der Waals surface area contributed by atoms with Crippen LogP contribution in [0.3, 0.4) is 0 Å². The number of sulfonamides is 1. The summed E-state index contributed by atoms with van der Waals surface area (Å²) in [5.74, 6) is -0.263. The molecule has 0 heterocycles. The van der Waals surface area contributed by atoms with Crippen molar-refractivity contribution in [2.75, 3.05) is 24.0 Å². The fraction of sp³-hybridized carbons (Fsp3) is 0.333. The number of carbonyl (C=O) groups excluding carboxylic acids is 2. The van der Waals surface area contributed by atoms with Crippen molar-refractivity contribution in [3.63, 3.8) is 0 Å². The smallest absolute Gasteiger partial charge is 0.264 e. The van der Waals surface area contributed by atoms with Crippen molar-refractivity contribution in [2.45, 2.75) is 45.2 Å². The number of hydrogen-bond acceptors (Lipinski definition) is 5. The Morgan fingerprint density at radius 3 is 2.07 bits per heavy atom. The first kappa shape index (κ1) is 32.2. The van der Waals surface area contributed by atoms with Gasteiger partial charge in [0.2, 0.25) is 11.8 Å². The highest BCUT2D eigenvalue weighted by molar-refractivity contribution is 7.92. The van der Waals surface area contributed by atoms with Gasteiger partial charge in [0.15, 0.2) is 0 Å². The Labute approximate surface area is 252 Å². The third kappa shape index (κ3) is 8.38. The van der Waals surface area contributed by atoms with Gasteiger partial charge in [-0.15, -0.1) is 0 Å². The summed E-state index contributed by atoms with van der Waals surface area (Å²) in [7, 11) is -4.19. The quantitative estimate of drug-likeness (QED) is 0.262. The van der Waals surface area contributed by atoms with Gasteiger partial charge >= 0.3 is 0 Å². The summed E-state index contributed by atoms with van der Waals surface area (Å²) < 4.78 is 34.3. The van der Waals surface area contributed by atoms with Crippen LogP contribution >= 0.6 is 23.2 Å². The van der Waals surface area contributed by atoms with Gasteiger partial charge in [-0.1, -0.05) is 61.3 Å². The molecule has 41 heavy (non-hydrogen) atoms. The molecule has 220 valence electrons. The van der Waals surface area contributed by atoms with E-state index in [2.05, 4.69) is 5.32 Å². The van der Waals surface area contributed by atoms with E-state index in [1.165, 1.54) is 17.0 Å². The summed E-state index contributed by atoms with van der Waals surface area (Å²) >= 11 is 12.8. The number of rotatable bonds is 13. The molecule has 0 aliphatic heterocycles. The second kappa shape index (κ2) is 14.6. The fourth-order valence-corrected chi connectivity index (χ4v) is 5.94. The van der Waals surface area contributed by atoms with E-state index in [9.17, 15) is 18.0 Å². The predicted octanol–water partition coefficient (Wildman–Crippen LogP) is 5.78. The van der Waals surface area contributed by atoms with Gasteiger partial charge in [0.05, 0.1) is 17.2 Å². The highest BCUT2D eigenvalue weighted by Gasteiger charge is 2.33.